The molecule has 3 fully saturated rings. The zero-order chi connectivity index (χ0) is 21.3. The van der Waals surface area contributed by atoms with Crippen LogP contribution in [0.25, 0.3) is 0 Å². The van der Waals surface area contributed by atoms with Crippen molar-refractivity contribution in [3.8, 4) is 0 Å². The molecule has 0 radical (unpaired) electrons. The molecule has 0 aromatic carbocycles. The fraction of sp³-hybridized carbons (Fsp3) is 0.783. The first-order chi connectivity index (χ1) is 13.1. The highest BCUT2D eigenvalue weighted by Gasteiger charge is 2.63. The molecule has 0 amide bonds. The zero-order valence-electron chi connectivity index (χ0n) is 17.9. The molecule has 0 aromatic heterocycles. The monoisotopic (exact) mass is 410 g/mol. The number of halogens is 1. The van der Waals surface area contributed by atoms with Crippen molar-refractivity contribution in [3.63, 3.8) is 0 Å². The minimum absolute atomic E-state index is 0.0181. The number of hydrogen-bond donors (Lipinski definition) is 0. The van der Waals surface area contributed by atoms with Gasteiger partial charge >= 0.3 is 0 Å². The third-order valence-electron chi connectivity index (χ3n) is 7.68. The number of fused-ring (bicyclic) bond motifs is 3. The van der Waals surface area contributed by atoms with Crippen molar-refractivity contribution < 1.29 is 19.1 Å². The average Bonchev–Trinajstić information content (AvgIpc) is 2.77. The quantitative estimate of drug-likeness (QED) is 0.279. The summed E-state index contributed by atoms with van der Waals surface area (Å²) in [5, 5.41) is -0.542. The number of allylic oxidation sites excluding steroid dienone is 1. The molecule has 0 saturated heterocycles. The highest BCUT2D eigenvalue weighted by atomic mass is 35.5. The maximum atomic E-state index is 13.1. The van der Waals surface area contributed by atoms with Gasteiger partial charge in [-0.15, -0.1) is 11.6 Å². The molecule has 0 aliphatic heterocycles. The predicted octanol–water partition coefficient (Wildman–Crippen LogP) is 4.98. The molecule has 3 saturated carbocycles. The number of Topliss-reactive ketones (excluding diaryl/α,β-unsaturated/α-hetero) is 2. The Morgan fingerprint density at radius 2 is 1.79 bits per heavy atom. The number of methoxy groups -OCH3 is 1. The molecular formula is C23H35ClO4. The molecule has 4 nitrogen and oxygen atoms in total. The molecule has 158 valence electrons. The maximum Gasteiger partial charge on any atom is 0.292 e. The number of carbonyl (C=O) groups excluding carboxylic acids is 3. The van der Waals surface area contributed by atoms with E-state index in [2.05, 4.69) is 39.0 Å². The fourth-order valence-corrected chi connectivity index (χ4v) is 7.10. The van der Waals surface area contributed by atoms with Crippen molar-refractivity contribution in [1.82, 2.24) is 0 Å². The van der Waals surface area contributed by atoms with Crippen molar-refractivity contribution in [1.29, 1.82) is 0 Å². The van der Waals surface area contributed by atoms with Gasteiger partial charge in [0, 0.05) is 0 Å². The van der Waals surface area contributed by atoms with Crippen LogP contribution in [0, 0.1) is 34.5 Å². The summed E-state index contributed by atoms with van der Waals surface area (Å²) in [6, 6.07) is 0. The van der Waals surface area contributed by atoms with Gasteiger partial charge in [0.1, 0.15) is 0 Å². The second kappa shape index (κ2) is 8.69. The summed E-state index contributed by atoms with van der Waals surface area (Å²) in [6.45, 7) is 13.4. The van der Waals surface area contributed by atoms with Crippen LogP contribution in [0.15, 0.2) is 12.2 Å². The van der Waals surface area contributed by atoms with E-state index in [4.69, 9.17) is 16.4 Å². The van der Waals surface area contributed by atoms with Gasteiger partial charge < -0.3 is 4.74 Å². The van der Waals surface area contributed by atoms with Crippen molar-refractivity contribution in [2.24, 2.45) is 34.5 Å². The van der Waals surface area contributed by atoms with Crippen LogP contribution in [-0.2, 0) is 19.1 Å². The second-order valence-corrected chi connectivity index (χ2v) is 10.1. The number of ether oxygens (including phenoxy) is 1. The van der Waals surface area contributed by atoms with E-state index in [-0.39, 0.29) is 40.2 Å². The molecule has 3 rings (SSSR count). The molecule has 3 aliphatic carbocycles. The predicted molar refractivity (Wildman–Crippen MR) is 111 cm³/mol. The van der Waals surface area contributed by atoms with Crippen LogP contribution in [-0.4, -0.2) is 30.5 Å². The van der Waals surface area contributed by atoms with Gasteiger partial charge in [-0.3, -0.25) is 14.4 Å². The van der Waals surface area contributed by atoms with Gasteiger partial charge in [0.25, 0.3) is 6.47 Å². The summed E-state index contributed by atoms with van der Waals surface area (Å²) >= 11 is 6.76. The third kappa shape index (κ3) is 3.81. The van der Waals surface area contributed by atoms with E-state index in [1.54, 1.807) is 0 Å². The molecule has 5 unspecified atom stereocenters. The first-order valence-electron chi connectivity index (χ1n) is 10.4. The summed E-state index contributed by atoms with van der Waals surface area (Å²) in [4.78, 5) is 35.0. The van der Waals surface area contributed by atoms with Gasteiger partial charge in [0.2, 0.25) is 0 Å². The lowest BCUT2D eigenvalue weighted by Crippen LogP contribution is -2.61. The van der Waals surface area contributed by atoms with E-state index in [1.807, 2.05) is 0 Å². The lowest BCUT2D eigenvalue weighted by molar-refractivity contribution is -0.152. The zero-order valence-corrected chi connectivity index (χ0v) is 18.7. The van der Waals surface area contributed by atoms with E-state index in [0.717, 1.165) is 25.7 Å². The minimum atomic E-state index is -0.544. The Kier molecular flexibility index (Phi) is 7.17. The fourth-order valence-electron chi connectivity index (χ4n) is 6.33. The van der Waals surface area contributed by atoms with Gasteiger partial charge in [-0.1, -0.05) is 47.1 Å². The molecular weight excluding hydrogens is 376 g/mol. The van der Waals surface area contributed by atoms with E-state index in [9.17, 15) is 9.59 Å². The number of alkyl halides is 1. The first-order valence-corrected chi connectivity index (χ1v) is 10.9. The summed E-state index contributed by atoms with van der Waals surface area (Å²) in [6.07, 6.45) is 6.39. The number of ketones is 2. The van der Waals surface area contributed by atoms with Crippen LogP contribution >= 0.6 is 11.6 Å². The molecule has 0 bridgehead atoms. The standard InChI is InChI=1S/C21H31ClO2.C2H4O2/c1-6-13-11-14-15(17(23)12(13)2)18(24)16(22)19-20(3,4)9-7-8-10-21(14,19)5;1-4-2-3/h13-16,19H,2,6-11H2,1,3-5H3;2H,1H3/t13-,14?,15?,16?,19?,21?;/m0./s1. The maximum absolute atomic E-state index is 13.1. The summed E-state index contributed by atoms with van der Waals surface area (Å²) in [5.41, 5.74) is 0.664. The average molecular weight is 411 g/mol. The molecule has 0 aromatic rings. The summed E-state index contributed by atoms with van der Waals surface area (Å²) in [5.74, 6) is -0.0829. The Bertz CT molecular complexity index is 641. The van der Waals surface area contributed by atoms with E-state index < -0.39 is 11.3 Å². The largest absolute Gasteiger partial charge is 0.471 e. The van der Waals surface area contributed by atoms with Gasteiger partial charge in [-0.05, 0) is 59.8 Å². The normalized spacial score (nSPS) is 39.6. The molecule has 0 spiro atoms. The van der Waals surface area contributed by atoms with Crippen LogP contribution in [0.1, 0.15) is 66.2 Å². The molecule has 5 heteroatoms. The number of hydrogen-bond acceptors (Lipinski definition) is 4. The highest BCUT2D eigenvalue weighted by molar-refractivity contribution is 6.34. The van der Waals surface area contributed by atoms with Crippen LogP contribution < -0.4 is 0 Å². The van der Waals surface area contributed by atoms with Crippen molar-refractivity contribution in [2.45, 2.75) is 71.6 Å². The van der Waals surface area contributed by atoms with Gasteiger partial charge in [0.15, 0.2) is 11.6 Å². The lowest BCUT2D eigenvalue weighted by atomic mass is 9.46. The van der Waals surface area contributed by atoms with E-state index >= 15 is 0 Å². The van der Waals surface area contributed by atoms with Gasteiger partial charge in [-0.2, -0.15) is 0 Å². The summed E-state index contributed by atoms with van der Waals surface area (Å²) < 4.78 is 3.86. The Morgan fingerprint density at radius 1 is 1.21 bits per heavy atom. The van der Waals surface area contributed by atoms with Crippen molar-refractivity contribution in [3.05, 3.63) is 12.2 Å². The third-order valence-corrected chi connectivity index (χ3v) is 8.15. The van der Waals surface area contributed by atoms with Crippen LogP contribution in [0.5, 0.6) is 0 Å². The minimum Gasteiger partial charge on any atom is -0.471 e. The Hall–Kier alpha value is -1.16. The van der Waals surface area contributed by atoms with Crippen LogP contribution in [0.4, 0.5) is 0 Å². The Morgan fingerprint density at radius 3 is 2.32 bits per heavy atom. The van der Waals surface area contributed by atoms with E-state index in [0.29, 0.717) is 12.0 Å². The topological polar surface area (TPSA) is 60.4 Å². The van der Waals surface area contributed by atoms with Crippen molar-refractivity contribution in [2.75, 3.05) is 7.11 Å². The van der Waals surface area contributed by atoms with Crippen molar-refractivity contribution >= 4 is 29.6 Å². The van der Waals surface area contributed by atoms with Crippen LogP contribution in [0.3, 0.4) is 0 Å². The molecule has 0 N–H and O–H groups in total. The summed E-state index contributed by atoms with van der Waals surface area (Å²) in [7, 11) is 1.31. The SMILES string of the molecule is C=C1C(=O)C2C(=O)C(Cl)C3C(C)(C)CCCCC3(C)C2C[C@@H]1CC.COC=O. The first kappa shape index (κ1) is 23.1. The number of carbonyl (C=O) groups is 3. The second-order valence-electron chi connectivity index (χ2n) is 9.63. The lowest BCUT2D eigenvalue weighted by Gasteiger charge is -2.58. The molecule has 28 heavy (non-hydrogen) atoms. The molecule has 6 atom stereocenters. The molecule has 3 aliphatic rings. The van der Waals surface area contributed by atoms with Gasteiger partial charge in [-0.25, -0.2) is 0 Å². The van der Waals surface area contributed by atoms with Gasteiger partial charge in [0.05, 0.1) is 18.4 Å². The number of rotatable bonds is 2. The Balaban J connectivity index is 0.000000640. The molecule has 0 heterocycles. The van der Waals surface area contributed by atoms with Crippen LogP contribution in [0.2, 0.25) is 0 Å². The Labute approximate surface area is 174 Å². The highest BCUT2D eigenvalue weighted by Crippen LogP contribution is 2.63. The smallest absolute Gasteiger partial charge is 0.292 e. The van der Waals surface area contributed by atoms with E-state index in [1.165, 1.54) is 20.0 Å².